The van der Waals surface area contributed by atoms with Crippen LogP contribution in [0.25, 0.3) is 0 Å². The van der Waals surface area contributed by atoms with Crippen molar-refractivity contribution in [2.24, 2.45) is 0 Å². The van der Waals surface area contributed by atoms with Crippen molar-refractivity contribution in [3.05, 3.63) is 71.8 Å². The molecule has 0 spiro atoms. The fourth-order valence-electron chi connectivity index (χ4n) is 1.90. The second-order valence-corrected chi connectivity index (χ2v) is 4.55. The molecule has 0 saturated heterocycles. The lowest BCUT2D eigenvalue weighted by Crippen LogP contribution is -2.36. The van der Waals surface area contributed by atoms with Crippen molar-refractivity contribution in [1.29, 1.82) is 0 Å². The van der Waals surface area contributed by atoms with Gasteiger partial charge in [0.25, 0.3) is 0 Å². The zero-order valence-electron chi connectivity index (χ0n) is 10.9. The molecule has 0 fully saturated rings. The van der Waals surface area contributed by atoms with E-state index in [9.17, 15) is 0 Å². The van der Waals surface area contributed by atoms with Crippen LogP contribution in [0.2, 0.25) is 0 Å². The minimum Gasteiger partial charge on any atom is -0.250 e. The van der Waals surface area contributed by atoms with Crippen molar-refractivity contribution in [3.8, 4) is 0 Å². The van der Waals surface area contributed by atoms with E-state index < -0.39 is 0 Å². The molecule has 2 atom stereocenters. The van der Waals surface area contributed by atoms with Crippen molar-refractivity contribution in [2.45, 2.75) is 25.9 Å². The Balaban J connectivity index is 1.89. The van der Waals surface area contributed by atoms with Crippen LogP contribution in [0.3, 0.4) is 0 Å². The third-order valence-corrected chi connectivity index (χ3v) is 3.12. The lowest BCUT2D eigenvalue weighted by atomic mass is 10.1. The second kappa shape index (κ2) is 6.34. The number of benzene rings is 2. The summed E-state index contributed by atoms with van der Waals surface area (Å²) >= 11 is 0. The Hall–Kier alpha value is -1.64. The van der Waals surface area contributed by atoms with Crippen LogP contribution in [0.5, 0.6) is 0 Å². The molecule has 2 nitrogen and oxygen atoms in total. The summed E-state index contributed by atoms with van der Waals surface area (Å²) in [4.78, 5) is 0. The van der Waals surface area contributed by atoms with Crippen LogP contribution in [0.1, 0.15) is 37.1 Å². The molecule has 0 bridgehead atoms. The Labute approximate surface area is 109 Å². The Morgan fingerprint density at radius 1 is 0.611 bits per heavy atom. The van der Waals surface area contributed by atoms with Crippen molar-refractivity contribution in [1.82, 2.24) is 10.9 Å². The minimum atomic E-state index is 0.289. The Morgan fingerprint density at radius 3 is 1.28 bits per heavy atom. The maximum Gasteiger partial charge on any atom is 0.0434 e. The molecule has 0 aliphatic rings. The van der Waals surface area contributed by atoms with Crippen molar-refractivity contribution in [3.63, 3.8) is 0 Å². The van der Waals surface area contributed by atoms with Gasteiger partial charge in [-0.15, -0.1) is 0 Å². The van der Waals surface area contributed by atoms with Crippen LogP contribution >= 0.6 is 0 Å². The molecule has 0 heterocycles. The molecule has 2 aromatic rings. The van der Waals surface area contributed by atoms with Crippen LogP contribution in [0.4, 0.5) is 0 Å². The Morgan fingerprint density at radius 2 is 0.944 bits per heavy atom. The molecule has 94 valence electrons. The van der Waals surface area contributed by atoms with Crippen LogP contribution in [0.15, 0.2) is 60.7 Å². The highest BCUT2D eigenvalue weighted by molar-refractivity contribution is 5.19. The molecule has 18 heavy (non-hydrogen) atoms. The van der Waals surface area contributed by atoms with E-state index in [4.69, 9.17) is 0 Å². The third-order valence-electron chi connectivity index (χ3n) is 3.12. The molecular weight excluding hydrogens is 220 g/mol. The summed E-state index contributed by atoms with van der Waals surface area (Å²) in [5.41, 5.74) is 9.26. The zero-order valence-corrected chi connectivity index (χ0v) is 10.9. The van der Waals surface area contributed by atoms with E-state index in [1.807, 2.05) is 12.1 Å². The third kappa shape index (κ3) is 3.42. The van der Waals surface area contributed by atoms with Gasteiger partial charge in [-0.1, -0.05) is 60.7 Å². The van der Waals surface area contributed by atoms with Gasteiger partial charge in [-0.05, 0) is 25.0 Å². The highest BCUT2D eigenvalue weighted by atomic mass is 15.4. The average molecular weight is 240 g/mol. The van der Waals surface area contributed by atoms with Crippen molar-refractivity contribution >= 4 is 0 Å². The van der Waals surface area contributed by atoms with Gasteiger partial charge in [-0.2, -0.15) is 0 Å². The van der Waals surface area contributed by atoms with E-state index in [1.54, 1.807) is 0 Å². The van der Waals surface area contributed by atoms with Gasteiger partial charge in [0.2, 0.25) is 0 Å². The molecule has 0 amide bonds. The topological polar surface area (TPSA) is 24.1 Å². The highest BCUT2D eigenvalue weighted by Crippen LogP contribution is 2.13. The maximum atomic E-state index is 3.35. The smallest absolute Gasteiger partial charge is 0.0434 e. The summed E-state index contributed by atoms with van der Waals surface area (Å²) in [5, 5.41) is 0. The van der Waals surface area contributed by atoms with Gasteiger partial charge >= 0.3 is 0 Å². The molecule has 2 aromatic carbocycles. The van der Waals surface area contributed by atoms with Crippen LogP contribution in [-0.4, -0.2) is 0 Å². The van der Waals surface area contributed by atoms with Crippen molar-refractivity contribution < 1.29 is 0 Å². The normalized spacial score (nSPS) is 14.1. The zero-order chi connectivity index (χ0) is 12.8. The first-order valence-corrected chi connectivity index (χ1v) is 6.38. The predicted octanol–water partition coefficient (Wildman–Crippen LogP) is 3.60. The van der Waals surface area contributed by atoms with Gasteiger partial charge in [0.15, 0.2) is 0 Å². The second-order valence-electron chi connectivity index (χ2n) is 4.55. The first kappa shape index (κ1) is 12.8. The maximum absolute atomic E-state index is 3.35. The Kier molecular flexibility index (Phi) is 4.51. The number of nitrogens with one attached hydrogen (secondary N) is 2. The molecule has 0 aliphatic heterocycles. The molecule has 0 saturated carbocycles. The molecule has 2 N–H and O–H groups in total. The number of hydrogen-bond donors (Lipinski definition) is 2. The first-order valence-electron chi connectivity index (χ1n) is 6.38. The van der Waals surface area contributed by atoms with Crippen LogP contribution in [-0.2, 0) is 0 Å². The predicted molar refractivity (Wildman–Crippen MR) is 76.0 cm³/mol. The summed E-state index contributed by atoms with van der Waals surface area (Å²) in [6, 6.07) is 21.4. The fourth-order valence-corrected chi connectivity index (χ4v) is 1.90. The minimum absolute atomic E-state index is 0.289. The van der Waals surface area contributed by atoms with E-state index in [0.29, 0.717) is 0 Å². The number of hydrazine groups is 1. The highest BCUT2D eigenvalue weighted by Gasteiger charge is 2.07. The largest absolute Gasteiger partial charge is 0.250 e. The summed E-state index contributed by atoms with van der Waals surface area (Å²) in [6.07, 6.45) is 0. The van der Waals surface area contributed by atoms with E-state index in [1.165, 1.54) is 11.1 Å². The lowest BCUT2D eigenvalue weighted by Gasteiger charge is -2.20. The number of rotatable bonds is 5. The molecule has 2 rings (SSSR count). The van der Waals surface area contributed by atoms with Gasteiger partial charge in [-0.25, -0.2) is 0 Å². The summed E-state index contributed by atoms with van der Waals surface area (Å²) in [7, 11) is 0. The molecule has 0 aromatic heterocycles. The van der Waals surface area contributed by atoms with Gasteiger partial charge in [0.05, 0.1) is 0 Å². The molecule has 0 aliphatic carbocycles. The SMILES string of the molecule is C[C@H](NN[C@@H](C)c1ccccc1)c1ccccc1. The molecule has 0 unspecified atom stereocenters. The van der Waals surface area contributed by atoms with Crippen molar-refractivity contribution in [2.75, 3.05) is 0 Å². The standard InChI is InChI=1S/C16H20N2/c1-13(15-9-5-3-6-10-15)17-18-14(2)16-11-7-4-8-12-16/h3-14,17-18H,1-2H3/t13-,14-/m0/s1. The van der Waals surface area contributed by atoms with E-state index in [2.05, 4.69) is 73.2 Å². The summed E-state index contributed by atoms with van der Waals surface area (Å²) in [6.45, 7) is 4.31. The summed E-state index contributed by atoms with van der Waals surface area (Å²) < 4.78 is 0. The van der Waals surface area contributed by atoms with Gasteiger partial charge in [-0.3, -0.25) is 10.9 Å². The van der Waals surface area contributed by atoms with E-state index in [-0.39, 0.29) is 12.1 Å². The quantitative estimate of drug-likeness (QED) is 0.780. The van der Waals surface area contributed by atoms with Crippen LogP contribution < -0.4 is 10.9 Å². The van der Waals surface area contributed by atoms with E-state index in [0.717, 1.165) is 0 Å². The van der Waals surface area contributed by atoms with E-state index >= 15 is 0 Å². The average Bonchev–Trinajstić information content (AvgIpc) is 2.46. The van der Waals surface area contributed by atoms with Gasteiger partial charge in [0.1, 0.15) is 0 Å². The summed E-state index contributed by atoms with van der Waals surface area (Å²) in [5.74, 6) is 0. The number of hydrogen-bond acceptors (Lipinski definition) is 2. The molecule has 2 heteroatoms. The lowest BCUT2D eigenvalue weighted by molar-refractivity contribution is 0.411. The molecular formula is C16H20N2. The molecule has 0 radical (unpaired) electrons. The fraction of sp³-hybridized carbons (Fsp3) is 0.250. The first-order chi connectivity index (χ1) is 8.77. The van der Waals surface area contributed by atoms with Gasteiger partial charge in [0, 0.05) is 12.1 Å². The van der Waals surface area contributed by atoms with Gasteiger partial charge < -0.3 is 0 Å². The van der Waals surface area contributed by atoms with Crippen LogP contribution in [0, 0.1) is 0 Å². The monoisotopic (exact) mass is 240 g/mol. The Bertz CT molecular complexity index is 408.